The minimum absolute atomic E-state index is 0. The highest BCUT2D eigenvalue weighted by molar-refractivity contribution is 14.0. The van der Waals surface area contributed by atoms with Gasteiger partial charge in [-0.2, -0.15) is 5.10 Å². The maximum atomic E-state index is 5.88. The monoisotopic (exact) mass is 399 g/mol. The lowest BCUT2D eigenvalue weighted by molar-refractivity contribution is 0.625. The van der Waals surface area contributed by atoms with Crippen molar-refractivity contribution >= 4 is 35.6 Å². The Balaban J connectivity index is 0.00000220. The first-order chi connectivity index (χ1) is 9.52. The second kappa shape index (κ2) is 8.02. The Bertz CT molecular complexity index is 598. The van der Waals surface area contributed by atoms with E-state index in [2.05, 4.69) is 35.3 Å². The standard InChI is InChI=1S/C15H21N5.HI/c1-11-6-12(2)8-14(7-11)19-15(16)17-4-5-20-10-13(3)9-18-20;/h6-10H,4-5H2,1-3H3,(H3,16,17,19);1H. The molecule has 0 aliphatic rings. The van der Waals surface area contributed by atoms with Gasteiger partial charge in [0, 0.05) is 11.9 Å². The van der Waals surface area contributed by atoms with Gasteiger partial charge >= 0.3 is 0 Å². The molecule has 0 aliphatic carbocycles. The molecule has 0 spiro atoms. The number of rotatable bonds is 4. The van der Waals surface area contributed by atoms with Gasteiger partial charge in [-0.15, -0.1) is 24.0 Å². The zero-order valence-electron chi connectivity index (χ0n) is 12.6. The van der Waals surface area contributed by atoms with Crippen LogP contribution in [0.4, 0.5) is 5.69 Å². The van der Waals surface area contributed by atoms with Crippen molar-refractivity contribution in [2.45, 2.75) is 27.3 Å². The lowest BCUT2D eigenvalue weighted by Gasteiger charge is -2.08. The number of aromatic nitrogens is 2. The zero-order chi connectivity index (χ0) is 14.5. The van der Waals surface area contributed by atoms with E-state index >= 15 is 0 Å². The number of aryl methyl sites for hydroxylation is 3. The molecule has 3 N–H and O–H groups in total. The number of hydrogen-bond donors (Lipinski definition) is 2. The van der Waals surface area contributed by atoms with Crippen molar-refractivity contribution in [1.82, 2.24) is 9.78 Å². The number of halogens is 1. The normalized spacial score (nSPS) is 11.1. The Hall–Kier alpha value is -1.57. The fraction of sp³-hybridized carbons (Fsp3) is 0.333. The molecule has 0 radical (unpaired) electrons. The van der Waals surface area contributed by atoms with Crippen LogP contribution in [0.15, 0.2) is 35.6 Å². The molecule has 0 fully saturated rings. The molecular weight excluding hydrogens is 377 g/mol. The molecule has 0 saturated heterocycles. The van der Waals surface area contributed by atoms with Crippen molar-refractivity contribution in [2.75, 3.05) is 11.9 Å². The second-order valence-electron chi connectivity index (χ2n) is 5.05. The number of benzene rings is 1. The Labute approximate surface area is 142 Å². The van der Waals surface area contributed by atoms with Crippen LogP contribution in [0, 0.1) is 20.8 Å². The van der Waals surface area contributed by atoms with Gasteiger partial charge in [0.25, 0.3) is 0 Å². The van der Waals surface area contributed by atoms with Crippen molar-refractivity contribution in [3.8, 4) is 0 Å². The Kier molecular flexibility index (Phi) is 6.67. The maximum absolute atomic E-state index is 5.88. The van der Waals surface area contributed by atoms with Crippen LogP contribution in [0.3, 0.4) is 0 Å². The third-order valence-corrected chi connectivity index (χ3v) is 2.87. The van der Waals surface area contributed by atoms with Crippen LogP contribution in [0.5, 0.6) is 0 Å². The maximum Gasteiger partial charge on any atom is 0.193 e. The van der Waals surface area contributed by atoms with E-state index in [0.29, 0.717) is 12.5 Å². The average Bonchev–Trinajstić information content (AvgIpc) is 2.73. The van der Waals surface area contributed by atoms with Gasteiger partial charge in [-0.3, -0.25) is 9.67 Å². The van der Waals surface area contributed by atoms with E-state index < -0.39 is 0 Å². The summed E-state index contributed by atoms with van der Waals surface area (Å²) >= 11 is 0. The SMILES string of the molecule is Cc1cc(C)cc(NC(N)=NCCn2cc(C)cn2)c1.I. The Morgan fingerprint density at radius 2 is 1.86 bits per heavy atom. The summed E-state index contributed by atoms with van der Waals surface area (Å²) in [6.45, 7) is 7.47. The van der Waals surface area contributed by atoms with Crippen molar-refractivity contribution in [2.24, 2.45) is 10.7 Å². The number of nitrogens with one attached hydrogen (secondary N) is 1. The summed E-state index contributed by atoms with van der Waals surface area (Å²) in [5, 5.41) is 7.32. The van der Waals surface area contributed by atoms with Gasteiger partial charge in [0.05, 0.1) is 19.3 Å². The molecule has 1 heterocycles. The third kappa shape index (κ3) is 5.74. The van der Waals surface area contributed by atoms with E-state index in [4.69, 9.17) is 5.73 Å². The largest absolute Gasteiger partial charge is 0.370 e. The average molecular weight is 399 g/mol. The molecule has 21 heavy (non-hydrogen) atoms. The number of guanidine groups is 1. The van der Waals surface area contributed by atoms with Crippen LogP contribution >= 0.6 is 24.0 Å². The summed E-state index contributed by atoms with van der Waals surface area (Å²) in [5.74, 6) is 0.430. The quantitative estimate of drug-likeness (QED) is 0.472. The van der Waals surface area contributed by atoms with E-state index in [1.807, 2.05) is 36.1 Å². The summed E-state index contributed by atoms with van der Waals surface area (Å²) < 4.78 is 1.86. The summed E-state index contributed by atoms with van der Waals surface area (Å²) in [4.78, 5) is 4.31. The van der Waals surface area contributed by atoms with Crippen molar-refractivity contribution < 1.29 is 0 Å². The summed E-state index contributed by atoms with van der Waals surface area (Å²) in [6, 6.07) is 6.22. The number of nitrogens with two attached hydrogens (primary N) is 1. The van der Waals surface area contributed by atoms with Gasteiger partial charge in [0.15, 0.2) is 5.96 Å². The molecule has 0 bridgehead atoms. The minimum Gasteiger partial charge on any atom is -0.370 e. The van der Waals surface area contributed by atoms with Gasteiger partial charge in [-0.25, -0.2) is 0 Å². The first kappa shape index (κ1) is 17.5. The van der Waals surface area contributed by atoms with Crippen molar-refractivity contribution in [3.63, 3.8) is 0 Å². The Morgan fingerprint density at radius 3 is 2.43 bits per heavy atom. The molecule has 0 amide bonds. The Morgan fingerprint density at radius 1 is 1.19 bits per heavy atom. The topological polar surface area (TPSA) is 68.2 Å². The van der Waals surface area contributed by atoms with Crippen molar-refractivity contribution in [1.29, 1.82) is 0 Å². The smallest absolute Gasteiger partial charge is 0.193 e. The molecule has 6 heteroatoms. The number of hydrogen-bond acceptors (Lipinski definition) is 2. The van der Waals surface area contributed by atoms with Gasteiger partial charge in [-0.1, -0.05) is 6.07 Å². The molecule has 5 nitrogen and oxygen atoms in total. The van der Waals surface area contributed by atoms with E-state index in [9.17, 15) is 0 Å². The molecule has 0 saturated carbocycles. The lowest BCUT2D eigenvalue weighted by atomic mass is 10.1. The van der Waals surface area contributed by atoms with Crippen LogP contribution in [-0.4, -0.2) is 22.3 Å². The minimum atomic E-state index is 0. The van der Waals surface area contributed by atoms with Gasteiger partial charge in [-0.05, 0) is 49.6 Å². The fourth-order valence-corrected chi connectivity index (χ4v) is 2.10. The van der Waals surface area contributed by atoms with Crippen LogP contribution < -0.4 is 11.1 Å². The lowest BCUT2D eigenvalue weighted by Crippen LogP contribution is -2.23. The van der Waals surface area contributed by atoms with Gasteiger partial charge in [0.1, 0.15) is 0 Å². The highest BCUT2D eigenvalue weighted by Gasteiger charge is 1.98. The highest BCUT2D eigenvalue weighted by atomic mass is 127. The molecule has 2 rings (SSSR count). The van der Waals surface area contributed by atoms with Crippen LogP contribution in [0.1, 0.15) is 16.7 Å². The molecular formula is C15H22IN5. The van der Waals surface area contributed by atoms with Crippen LogP contribution in [0.2, 0.25) is 0 Å². The van der Waals surface area contributed by atoms with Gasteiger partial charge in [0.2, 0.25) is 0 Å². The van der Waals surface area contributed by atoms with E-state index in [-0.39, 0.29) is 24.0 Å². The summed E-state index contributed by atoms with van der Waals surface area (Å²) in [6.07, 6.45) is 3.82. The number of anilines is 1. The predicted molar refractivity (Wildman–Crippen MR) is 98.4 cm³/mol. The molecule has 114 valence electrons. The van der Waals surface area contributed by atoms with Crippen LogP contribution in [-0.2, 0) is 6.54 Å². The highest BCUT2D eigenvalue weighted by Crippen LogP contribution is 2.13. The number of nitrogens with zero attached hydrogens (tertiary/aromatic N) is 3. The molecule has 0 aliphatic heterocycles. The molecule has 0 atom stereocenters. The first-order valence-corrected chi connectivity index (χ1v) is 6.67. The molecule has 1 aromatic carbocycles. The predicted octanol–water partition coefficient (Wildman–Crippen LogP) is 2.85. The molecule has 2 aromatic rings. The molecule has 1 aromatic heterocycles. The van der Waals surface area contributed by atoms with Gasteiger partial charge < -0.3 is 11.1 Å². The van der Waals surface area contributed by atoms with E-state index in [1.54, 1.807) is 0 Å². The number of aliphatic imine (C=N–C) groups is 1. The van der Waals surface area contributed by atoms with Crippen molar-refractivity contribution in [3.05, 3.63) is 47.3 Å². The first-order valence-electron chi connectivity index (χ1n) is 6.67. The summed E-state index contributed by atoms with van der Waals surface area (Å²) in [5.41, 5.74) is 10.4. The van der Waals surface area contributed by atoms with E-state index in [1.165, 1.54) is 11.1 Å². The fourth-order valence-electron chi connectivity index (χ4n) is 2.10. The van der Waals surface area contributed by atoms with Crippen LogP contribution in [0.25, 0.3) is 0 Å². The molecule has 0 unspecified atom stereocenters. The second-order valence-corrected chi connectivity index (χ2v) is 5.05. The summed E-state index contributed by atoms with van der Waals surface area (Å²) in [7, 11) is 0. The third-order valence-electron chi connectivity index (χ3n) is 2.87. The zero-order valence-corrected chi connectivity index (χ0v) is 15.0. The van der Waals surface area contributed by atoms with E-state index in [0.717, 1.165) is 17.8 Å².